The largest absolute Gasteiger partial charge is 0.315 e. The van der Waals surface area contributed by atoms with E-state index in [0.717, 1.165) is 12.0 Å². The monoisotopic (exact) mass is 338 g/mol. The predicted molar refractivity (Wildman–Crippen MR) is 92.0 cm³/mol. The lowest BCUT2D eigenvalue weighted by Crippen LogP contribution is -2.32. The Kier molecular flexibility index (Phi) is 4.58. The number of likely N-dealkylation sites (tertiary alicyclic amines) is 1. The molecule has 5 heteroatoms. The van der Waals surface area contributed by atoms with Crippen LogP contribution in [0.3, 0.4) is 0 Å². The first-order valence-electron chi connectivity index (χ1n) is 9.01. The summed E-state index contributed by atoms with van der Waals surface area (Å²) in [6, 6.07) is 2.08. The van der Waals surface area contributed by atoms with Crippen molar-refractivity contribution in [2.75, 3.05) is 19.6 Å². The summed E-state index contributed by atoms with van der Waals surface area (Å²) >= 11 is 0. The summed E-state index contributed by atoms with van der Waals surface area (Å²) in [6.07, 6.45) is 5.08. The van der Waals surface area contributed by atoms with Crippen LogP contribution in [-0.4, -0.2) is 35.0 Å². The number of pyridine rings is 1. The maximum atomic E-state index is 13.2. The summed E-state index contributed by atoms with van der Waals surface area (Å²) in [5.41, 5.74) is 2.01. The molecule has 0 atom stereocenters. The number of rotatable bonds is 5. The van der Waals surface area contributed by atoms with E-state index in [1.807, 2.05) is 10.8 Å². The summed E-state index contributed by atoms with van der Waals surface area (Å²) in [7, 11) is 0. The number of aryl methyl sites for hydroxylation is 1. The number of alkyl halides is 2. The summed E-state index contributed by atoms with van der Waals surface area (Å²) in [5.74, 6) is -1.95. The average molecular weight is 338 g/mol. The van der Waals surface area contributed by atoms with E-state index in [9.17, 15) is 13.6 Å². The van der Waals surface area contributed by atoms with Gasteiger partial charge in [-0.3, -0.25) is 9.69 Å². The van der Waals surface area contributed by atoms with Crippen molar-refractivity contribution < 1.29 is 8.78 Å². The van der Waals surface area contributed by atoms with E-state index in [4.69, 9.17) is 0 Å². The van der Waals surface area contributed by atoms with E-state index in [1.165, 1.54) is 18.4 Å². The van der Waals surface area contributed by atoms with Crippen molar-refractivity contribution >= 4 is 0 Å². The van der Waals surface area contributed by atoms with Crippen molar-refractivity contribution in [3.63, 3.8) is 0 Å². The fourth-order valence-corrected chi connectivity index (χ4v) is 3.46. The second kappa shape index (κ2) is 6.25. The van der Waals surface area contributed by atoms with Gasteiger partial charge in [0.15, 0.2) is 0 Å². The second-order valence-electron chi connectivity index (χ2n) is 8.45. The van der Waals surface area contributed by atoms with Crippen LogP contribution in [0.4, 0.5) is 8.78 Å². The first-order chi connectivity index (χ1) is 11.2. The second-order valence-corrected chi connectivity index (χ2v) is 8.45. The Bertz CT molecular complexity index is 656. The van der Waals surface area contributed by atoms with E-state index in [2.05, 4.69) is 26.8 Å². The topological polar surface area (TPSA) is 25.2 Å². The summed E-state index contributed by atoms with van der Waals surface area (Å²) in [6.45, 7) is 7.74. The van der Waals surface area contributed by atoms with E-state index < -0.39 is 5.92 Å². The Balaban J connectivity index is 1.70. The van der Waals surface area contributed by atoms with Gasteiger partial charge < -0.3 is 4.57 Å². The third-order valence-electron chi connectivity index (χ3n) is 5.09. The van der Waals surface area contributed by atoms with Crippen molar-refractivity contribution in [3.05, 3.63) is 33.7 Å². The maximum absolute atomic E-state index is 13.2. The highest BCUT2D eigenvalue weighted by Crippen LogP contribution is 2.40. The van der Waals surface area contributed by atoms with Gasteiger partial charge in [-0.2, -0.15) is 0 Å². The van der Waals surface area contributed by atoms with Gasteiger partial charge in [-0.15, -0.1) is 0 Å². The zero-order chi connectivity index (χ0) is 17.5. The van der Waals surface area contributed by atoms with E-state index in [1.54, 1.807) is 4.90 Å². The quantitative estimate of drug-likeness (QED) is 0.817. The molecular weight excluding hydrogens is 310 g/mol. The Morgan fingerprint density at radius 2 is 1.96 bits per heavy atom. The standard InChI is InChI=1S/C19H28F2N2O/c1-18(2,3)16-11-15(14-5-6-14)12-23(17(16)24)9-4-8-22-10-7-19(20,21)13-22/h11-12,14H,4-10,13H2,1-3H3. The van der Waals surface area contributed by atoms with Gasteiger partial charge in [0.1, 0.15) is 0 Å². The molecule has 1 saturated carbocycles. The third kappa shape index (κ3) is 4.05. The molecule has 24 heavy (non-hydrogen) atoms. The molecule has 3 nitrogen and oxygen atoms in total. The van der Waals surface area contributed by atoms with E-state index in [0.29, 0.717) is 25.6 Å². The molecule has 2 fully saturated rings. The molecule has 0 radical (unpaired) electrons. The molecule has 1 saturated heterocycles. The van der Waals surface area contributed by atoms with Gasteiger partial charge >= 0.3 is 0 Å². The first-order valence-corrected chi connectivity index (χ1v) is 9.01. The predicted octanol–water partition coefficient (Wildman–Crippen LogP) is 3.75. The summed E-state index contributed by atoms with van der Waals surface area (Å²) in [5, 5.41) is 0. The van der Waals surface area contributed by atoms with Gasteiger partial charge in [-0.25, -0.2) is 8.78 Å². The number of aromatic nitrogens is 1. The van der Waals surface area contributed by atoms with Gasteiger partial charge in [0.05, 0.1) is 6.54 Å². The van der Waals surface area contributed by atoms with Crippen LogP contribution >= 0.6 is 0 Å². The van der Waals surface area contributed by atoms with Crippen molar-refractivity contribution in [1.82, 2.24) is 9.47 Å². The highest BCUT2D eigenvalue weighted by Gasteiger charge is 2.37. The molecule has 0 bridgehead atoms. The fraction of sp³-hybridized carbons (Fsp3) is 0.737. The molecule has 1 aliphatic heterocycles. The van der Waals surface area contributed by atoms with Crippen molar-refractivity contribution in [3.8, 4) is 0 Å². The van der Waals surface area contributed by atoms with Crippen LogP contribution in [0.1, 0.15) is 63.5 Å². The fourth-order valence-electron chi connectivity index (χ4n) is 3.46. The highest BCUT2D eigenvalue weighted by molar-refractivity contribution is 5.30. The molecule has 0 spiro atoms. The zero-order valence-electron chi connectivity index (χ0n) is 14.9. The van der Waals surface area contributed by atoms with Crippen LogP contribution in [0.5, 0.6) is 0 Å². The number of halogens is 2. The third-order valence-corrected chi connectivity index (χ3v) is 5.09. The molecule has 1 aliphatic carbocycles. The van der Waals surface area contributed by atoms with Gasteiger partial charge in [-0.05, 0) is 42.2 Å². The Hall–Kier alpha value is -1.23. The molecule has 1 aromatic rings. The molecule has 0 aromatic carbocycles. The minimum absolute atomic E-state index is 0.0434. The molecular formula is C19H28F2N2O. The molecule has 134 valence electrons. The van der Waals surface area contributed by atoms with Crippen molar-refractivity contribution in [2.45, 2.75) is 70.3 Å². The van der Waals surface area contributed by atoms with Gasteiger partial charge in [0.25, 0.3) is 11.5 Å². The van der Waals surface area contributed by atoms with Crippen LogP contribution in [0, 0.1) is 0 Å². The molecule has 0 unspecified atom stereocenters. The van der Waals surface area contributed by atoms with Crippen molar-refractivity contribution in [1.29, 1.82) is 0 Å². The van der Waals surface area contributed by atoms with Crippen LogP contribution < -0.4 is 5.56 Å². The lowest BCUT2D eigenvalue weighted by Gasteiger charge is -2.22. The maximum Gasteiger partial charge on any atom is 0.261 e. The summed E-state index contributed by atoms with van der Waals surface area (Å²) < 4.78 is 28.3. The normalized spacial score (nSPS) is 21.4. The van der Waals surface area contributed by atoms with E-state index >= 15 is 0 Å². The number of hydrogen-bond acceptors (Lipinski definition) is 2. The Labute approximate surface area is 142 Å². The minimum atomic E-state index is -2.54. The van der Waals surface area contributed by atoms with Crippen LogP contribution in [0.2, 0.25) is 0 Å². The molecule has 0 amide bonds. The van der Waals surface area contributed by atoms with E-state index in [-0.39, 0.29) is 23.9 Å². The summed E-state index contributed by atoms with van der Waals surface area (Å²) in [4.78, 5) is 14.6. The molecule has 2 aliphatic rings. The lowest BCUT2D eigenvalue weighted by molar-refractivity contribution is 0.0121. The Morgan fingerprint density at radius 1 is 1.25 bits per heavy atom. The zero-order valence-corrected chi connectivity index (χ0v) is 14.9. The lowest BCUT2D eigenvalue weighted by atomic mass is 9.87. The average Bonchev–Trinajstić information content (AvgIpc) is 3.24. The Morgan fingerprint density at radius 3 is 2.50 bits per heavy atom. The molecule has 1 aromatic heterocycles. The van der Waals surface area contributed by atoms with Crippen LogP contribution in [0.25, 0.3) is 0 Å². The first kappa shape index (κ1) is 17.6. The van der Waals surface area contributed by atoms with Crippen molar-refractivity contribution in [2.24, 2.45) is 0 Å². The van der Waals surface area contributed by atoms with Gasteiger partial charge in [0, 0.05) is 37.8 Å². The number of hydrogen-bond donors (Lipinski definition) is 0. The number of nitrogens with zero attached hydrogens (tertiary/aromatic N) is 2. The molecule has 0 N–H and O–H groups in total. The molecule has 2 heterocycles. The highest BCUT2D eigenvalue weighted by atomic mass is 19.3. The van der Waals surface area contributed by atoms with Gasteiger partial charge in [0.2, 0.25) is 0 Å². The van der Waals surface area contributed by atoms with Gasteiger partial charge in [-0.1, -0.05) is 20.8 Å². The smallest absolute Gasteiger partial charge is 0.261 e. The minimum Gasteiger partial charge on any atom is -0.315 e. The van der Waals surface area contributed by atoms with Crippen LogP contribution in [0.15, 0.2) is 17.1 Å². The molecule has 3 rings (SSSR count). The SMILES string of the molecule is CC(C)(C)c1cc(C2CC2)cn(CCCN2CCC(F)(F)C2)c1=O. The van der Waals surface area contributed by atoms with Crippen LogP contribution in [-0.2, 0) is 12.0 Å².